The Labute approximate surface area is 170 Å². The van der Waals surface area contributed by atoms with Crippen molar-refractivity contribution in [2.24, 2.45) is 5.73 Å². The summed E-state index contributed by atoms with van der Waals surface area (Å²) < 4.78 is 15.7. The third-order valence-electron chi connectivity index (χ3n) is 4.66. The molecule has 0 radical (unpaired) electrons. The van der Waals surface area contributed by atoms with E-state index in [2.05, 4.69) is 28.2 Å². The average Bonchev–Trinajstić information content (AvgIpc) is 3.38. The molecule has 1 fully saturated rings. The SMILES string of the molecule is C#C.CC.NC(=O)c1cnn2cc(-c3cccnc3)cc2c1N[C@@H]1CCC[C@@H]1F. The van der Waals surface area contributed by atoms with Crippen molar-refractivity contribution in [1.29, 1.82) is 0 Å². The van der Waals surface area contributed by atoms with Gasteiger partial charge in [0, 0.05) is 29.7 Å². The van der Waals surface area contributed by atoms with Crippen LogP contribution in [0.2, 0.25) is 0 Å². The maximum Gasteiger partial charge on any atom is 0.252 e. The normalized spacial score (nSPS) is 17.6. The quantitative estimate of drug-likeness (QED) is 0.652. The Morgan fingerprint density at radius 2 is 2.03 bits per heavy atom. The largest absolute Gasteiger partial charge is 0.377 e. The summed E-state index contributed by atoms with van der Waals surface area (Å²) >= 11 is 0. The summed E-state index contributed by atoms with van der Waals surface area (Å²) in [6, 6.07) is 5.38. The van der Waals surface area contributed by atoms with Crippen LogP contribution >= 0.6 is 0 Å². The number of amides is 1. The Morgan fingerprint density at radius 3 is 2.62 bits per heavy atom. The number of carbonyl (C=O) groups excluding carboxylic acids is 1. The Bertz CT molecular complexity index is 967. The zero-order valence-electron chi connectivity index (χ0n) is 16.7. The van der Waals surface area contributed by atoms with Gasteiger partial charge >= 0.3 is 0 Å². The van der Waals surface area contributed by atoms with Gasteiger partial charge in [-0.25, -0.2) is 8.91 Å². The monoisotopic (exact) mass is 395 g/mol. The highest BCUT2D eigenvalue weighted by atomic mass is 19.1. The smallest absolute Gasteiger partial charge is 0.252 e. The summed E-state index contributed by atoms with van der Waals surface area (Å²) in [5, 5.41) is 7.46. The zero-order valence-corrected chi connectivity index (χ0v) is 16.7. The number of fused-ring (bicyclic) bond motifs is 1. The Hall–Kier alpha value is -3.40. The molecule has 4 rings (SSSR count). The van der Waals surface area contributed by atoms with Gasteiger partial charge in [-0.2, -0.15) is 5.10 Å². The van der Waals surface area contributed by atoms with Gasteiger partial charge in [0.05, 0.1) is 29.0 Å². The number of halogens is 1. The number of terminal acetylenes is 1. The van der Waals surface area contributed by atoms with E-state index in [0.29, 0.717) is 17.6 Å². The minimum absolute atomic E-state index is 0.266. The van der Waals surface area contributed by atoms with Crippen LogP contribution in [-0.4, -0.2) is 32.7 Å². The van der Waals surface area contributed by atoms with Gasteiger partial charge in [-0.1, -0.05) is 19.9 Å². The fourth-order valence-electron chi connectivity index (χ4n) is 3.35. The number of rotatable bonds is 4. The lowest BCUT2D eigenvalue weighted by Crippen LogP contribution is -2.27. The molecule has 3 aromatic heterocycles. The van der Waals surface area contributed by atoms with Crippen LogP contribution in [0.15, 0.2) is 43.0 Å². The van der Waals surface area contributed by atoms with Crippen LogP contribution in [0, 0.1) is 12.8 Å². The molecule has 3 aromatic rings. The molecule has 7 heteroatoms. The summed E-state index contributed by atoms with van der Waals surface area (Å²) in [5.41, 5.74) is 8.83. The lowest BCUT2D eigenvalue weighted by Gasteiger charge is -2.19. The molecule has 29 heavy (non-hydrogen) atoms. The van der Waals surface area contributed by atoms with Crippen molar-refractivity contribution in [3.8, 4) is 24.0 Å². The maximum absolute atomic E-state index is 14.1. The van der Waals surface area contributed by atoms with E-state index in [1.54, 1.807) is 16.9 Å². The Balaban J connectivity index is 0.000000707. The summed E-state index contributed by atoms with van der Waals surface area (Å²) in [5.74, 6) is -0.588. The van der Waals surface area contributed by atoms with Crippen LogP contribution in [0.3, 0.4) is 0 Å². The summed E-state index contributed by atoms with van der Waals surface area (Å²) in [6.45, 7) is 4.00. The highest BCUT2D eigenvalue weighted by Gasteiger charge is 2.28. The molecule has 0 aliphatic heterocycles. The van der Waals surface area contributed by atoms with Gasteiger partial charge in [-0.15, -0.1) is 12.8 Å². The van der Waals surface area contributed by atoms with Gasteiger partial charge in [0.25, 0.3) is 5.91 Å². The van der Waals surface area contributed by atoms with Crippen LogP contribution in [0.25, 0.3) is 16.6 Å². The van der Waals surface area contributed by atoms with E-state index in [-0.39, 0.29) is 11.6 Å². The molecule has 1 saturated carbocycles. The van der Waals surface area contributed by atoms with Crippen LogP contribution in [0.5, 0.6) is 0 Å². The van der Waals surface area contributed by atoms with E-state index in [4.69, 9.17) is 5.73 Å². The highest BCUT2D eigenvalue weighted by molar-refractivity contribution is 6.02. The third kappa shape index (κ3) is 4.72. The van der Waals surface area contributed by atoms with Gasteiger partial charge in [-0.3, -0.25) is 9.78 Å². The van der Waals surface area contributed by atoms with E-state index in [0.717, 1.165) is 24.0 Å². The molecule has 152 valence electrons. The number of aromatic nitrogens is 3. The number of nitrogens with two attached hydrogens (primary N) is 1. The topological polar surface area (TPSA) is 85.3 Å². The van der Waals surface area contributed by atoms with Crippen molar-refractivity contribution in [3.63, 3.8) is 0 Å². The molecular formula is C22H26FN5O. The number of anilines is 1. The van der Waals surface area contributed by atoms with Gasteiger partial charge in [-0.05, 0) is 31.4 Å². The van der Waals surface area contributed by atoms with Gasteiger partial charge in [0.1, 0.15) is 6.17 Å². The van der Waals surface area contributed by atoms with Crippen LogP contribution in [-0.2, 0) is 0 Å². The summed E-state index contributed by atoms with van der Waals surface area (Å²) in [7, 11) is 0. The molecule has 0 spiro atoms. The molecule has 2 atom stereocenters. The lowest BCUT2D eigenvalue weighted by atomic mass is 10.1. The number of alkyl halides is 1. The molecule has 0 saturated heterocycles. The summed E-state index contributed by atoms with van der Waals surface area (Å²) in [6.07, 6.45) is 15.9. The van der Waals surface area contributed by atoms with Crippen LogP contribution < -0.4 is 11.1 Å². The number of pyridine rings is 1. The molecule has 3 N–H and O–H groups in total. The second kappa shape index (κ2) is 10.2. The summed E-state index contributed by atoms with van der Waals surface area (Å²) in [4.78, 5) is 16.0. The second-order valence-electron chi connectivity index (χ2n) is 6.30. The zero-order chi connectivity index (χ0) is 21.4. The first kappa shape index (κ1) is 21.9. The molecule has 6 nitrogen and oxygen atoms in total. The third-order valence-corrected chi connectivity index (χ3v) is 4.66. The predicted molar refractivity (Wildman–Crippen MR) is 114 cm³/mol. The van der Waals surface area contributed by atoms with Crippen molar-refractivity contribution < 1.29 is 9.18 Å². The lowest BCUT2D eigenvalue weighted by molar-refractivity contribution is 0.100. The van der Waals surface area contributed by atoms with Crippen molar-refractivity contribution in [2.45, 2.75) is 45.3 Å². The minimum Gasteiger partial charge on any atom is -0.377 e. The van der Waals surface area contributed by atoms with Gasteiger partial charge in [0.2, 0.25) is 0 Å². The first-order valence-corrected chi connectivity index (χ1v) is 9.59. The maximum atomic E-state index is 14.1. The molecular weight excluding hydrogens is 369 g/mol. The number of primary amides is 1. The number of carbonyl (C=O) groups is 1. The Kier molecular flexibility index (Phi) is 7.72. The number of hydrogen-bond acceptors (Lipinski definition) is 4. The second-order valence-corrected chi connectivity index (χ2v) is 6.30. The molecule has 0 unspecified atom stereocenters. The molecule has 0 aromatic carbocycles. The van der Waals surface area contributed by atoms with E-state index in [1.165, 1.54) is 6.20 Å². The molecule has 1 amide bonds. The van der Waals surface area contributed by atoms with Gasteiger partial charge < -0.3 is 11.1 Å². The fraction of sp³-hybridized carbons (Fsp3) is 0.318. The van der Waals surface area contributed by atoms with E-state index in [1.807, 2.05) is 38.2 Å². The van der Waals surface area contributed by atoms with Crippen molar-refractivity contribution >= 4 is 17.1 Å². The fourth-order valence-corrected chi connectivity index (χ4v) is 3.35. The van der Waals surface area contributed by atoms with Gasteiger partial charge in [0.15, 0.2) is 0 Å². The Morgan fingerprint density at radius 1 is 1.28 bits per heavy atom. The molecule has 0 bridgehead atoms. The van der Waals surface area contributed by atoms with E-state index < -0.39 is 12.1 Å². The molecule has 1 aliphatic carbocycles. The van der Waals surface area contributed by atoms with Crippen molar-refractivity contribution in [2.75, 3.05) is 5.32 Å². The first-order chi connectivity index (χ1) is 14.1. The minimum atomic E-state index is -0.929. The first-order valence-electron chi connectivity index (χ1n) is 9.59. The number of nitrogens with one attached hydrogen (secondary N) is 1. The molecule has 1 aliphatic rings. The highest BCUT2D eigenvalue weighted by Crippen LogP contribution is 2.32. The van der Waals surface area contributed by atoms with Crippen LogP contribution in [0.1, 0.15) is 43.5 Å². The number of hydrogen-bond donors (Lipinski definition) is 2. The predicted octanol–water partition coefficient (Wildman–Crippen LogP) is 4.07. The average molecular weight is 395 g/mol. The van der Waals surface area contributed by atoms with Crippen molar-refractivity contribution in [1.82, 2.24) is 14.6 Å². The van der Waals surface area contributed by atoms with Crippen LogP contribution in [0.4, 0.5) is 10.1 Å². The number of nitrogens with zero attached hydrogens (tertiary/aromatic N) is 3. The standard InChI is InChI=1S/C18H18FN5O.C2H6.C2H2/c19-14-4-1-5-15(14)23-17-13(18(20)25)9-22-24-10-12(7-16(17)24)11-3-2-6-21-8-11;2*1-2/h2-3,6-10,14-15,23H,1,4-5H2,(H2,20,25);1-2H3;1-2H/t14-,15+;;/m0../s1. The van der Waals surface area contributed by atoms with Crippen molar-refractivity contribution in [3.05, 3.63) is 48.5 Å². The van der Waals surface area contributed by atoms with E-state index in [9.17, 15) is 9.18 Å². The van der Waals surface area contributed by atoms with E-state index >= 15 is 0 Å². The molecule has 3 heterocycles.